The van der Waals surface area contributed by atoms with Crippen LogP contribution in [0.5, 0.6) is 0 Å². The van der Waals surface area contributed by atoms with Crippen molar-refractivity contribution in [3.63, 3.8) is 0 Å². The lowest BCUT2D eigenvalue weighted by Gasteiger charge is -2.27. The maximum Gasteiger partial charge on any atom is 0.108 e. The highest BCUT2D eigenvalue weighted by molar-refractivity contribution is 5.85. The van der Waals surface area contributed by atoms with Crippen molar-refractivity contribution < 1.29 is 14.6 Å². The first kappa shape index (κ1) is 19.1. The van der Waals surface area contributed by atoms with Crippen LogP contribution in [0.2, 0.25) is 0 Å². The largest absolute Gasteiger partial charge is 0.394 e. The Morgan fingerprint density at radius 2 is 1.75 bits per heavy atom. The van der Waals surface area contributed by atoms with Gasteiger partial charge in [0, 0.05) is 19.6 Å². The van der Waals surface area contributed by atoms with Crippen molar-refractivity contribution in [2.24, 2.45) is 0 Å². The van der Waals surface area contributed by atoms with E-state index in [9.17, 15) is 5.11 Å². The number of nitrogens with zero attached hydrogens (tertiary/aromatic N) is 1. The molecule has 0 bridgehead atoms. The average Bonchev–Trinajstić information content (AvgIpc) is 2.95. The van der Waals surface area contributed by atoms with Crippen LogP contribution in [-0.2, 0) is 22.6 Å². The lowest BCUT2D eigenvalue weighted by molar-refractivity contribution is -0.0860. The summed E-state index contributed by atoms with van der Waals surface area (Å²) >= 11 is 0. The van der Waals surface area contributed by atoms with E-state index in [0.717, 1.165) is 25.2 Å². The summed E-state index contributed by atoms with van der Waals surface area (Å²) in [6.07, 6.45) is -0.455. The third-order valence-electron chi connectivity index (χ3n) is 5.35. The fraction of sp³-hybridized carbons (Fsp3) is 0.333. The van der Waals surface area contributed by atoms with Gasteiger partial charge < -0.3 is 14.6 Å². The topological polar surface area (TPSA) is 41.9 Å². The molecule has 146 valence electrons. The lowest BCUT2D eigenvalue weighted by atomic mass is 10.0. The van der Waals surface area contributed by atoms with Crippen LogP contribution in [-0.4, -0.2) is 48.5 Å². The van der Waals surface area contributed by atoms with Crippen LogP contribution >= 0.6 is 0 Å². The molecule has 0 saturated carbocycles. The van der Waals surface area contributed by atoms with Crippen LogP contribution in [0.15, 0.2) is 72.8 Å². The van der Waals surface area contributed by atoms with E-state index in [1.165, 1.54) is 16.3 Å². The van der Waals surface area contributed by atoms with Crippen LogP contribution in [0.3, 0.4) is 0 Å². The summed E-state index contributed by atoms with van der Waals surface area (Å²) in [4.78, 5) is 2.37. The van der Waals surface area contributed by atoms with Crippen LogP contribution in [0.25, 0.3) is 10.8 Å². The Bertz CT molecular complexity index is 878. The van der Waals surface area contributed by atoms with Gasteiger partial charge in [0.1, 0.15) is 6.10 Å². The number of benzene rings is 3. The molecule has 0 aliphatic carbocycles. The van der Waals surface area contributed by atoms with E-state index in [1.54, 1.807) is 0 Å². The molecule has 1 aliphatic heterocycles. The van der Waals surface area contributed by atoms with Gasteiger partial charge in [0.25, 0.3) is 0 Å². The standard InChI is InChI=1S/C24H27NO3/c26-17-24-23(28-18-19-7-2-1-3-8-19)16-25(13-14-27-24)15-21-11-6-10-20-9-4-5-12-22(20)21/h1-12,23-24,26H,13-18H2/t23-,24+/m0/s1. The molecule has 1 fully saturated rings. The first-order valence-electron chi connectivity index (χ1n) is 9.90. The van der Waals surface area contributed by atoms with E-state index in [-0.39, 0.29) is 18.8 Å². The molecule has 28 heavy (non-hydrogen) atoms. The average molecular weight is 377 g/mol. The maximum absolute atomic E-state index is 9.78. The Hall–Kier alpha value is -2.24. The molecule has 1 saturated heterocycles. The predicted molar refractivity (Wildman–Crippen MR) is 111 cm³/mol. The zero-order valence-corrected chi connectivity index (χ0v) is 16.0. The monoisotopic (exact) mass is 377 g/mol. The second kappa shape index (κ2) is 9.30. The number of rotatable bonds is 6. The summed E-state index contributed by atoms with van der Waals surface area (Å²) in [7, 11) is 0. The highest BCUT2D eigenvalue weighted by atomic mass is 16.5. The zero-order chi connectivity index (χ0) is 19.2. The Morgan fingerprint density at radius 1 is 0.964 bits per heavy atom. The van der Waals surface area contributed by atoms with Gasteiger partial charge in [-0.25, -0.2) is 0 Å². The Labute approximate surface area is 166 Å². The highest BCUT2D eigenvalue weighted by Gasteiger charge is 2.28. The van der Waals surface area contributed by atoms with Crippen LogP contribution in [0.1, 0.15) is 11.1 Å². The first-order chi connectivity index (χ1) is 13.8. The summed E-state index contributed by atoms with van der Waals surface area (Å²) in [5.41, 5.74) is 2.44. The van der Waals surface area contributed by atoms with E-state index >= 15 is 0 Å². The fourth-order valence-corrected chi connectivity index (χ4v) is 3.83. The maximum atomic E-state index is 9.78. The van der Waals surface area contributed by atoms with E-state index < -0.39 is 0 Å². The van der Waals surface area contributed by atoms with E-state index in [1.807, 2.05) is 18.2 Å². The van der Waals surface area contributed by atoms with Crippen molar-refractivity contribution >= 4 is 10.8 Å². The van der Waals surface area contributed by atoms with Crippen molar-refractivity contribution in [2.75, 3.05) is 26.3 Å². The lowest BCUT2D eigenvalue weighted by Crippen LogP contribution is -2.40. The summed E-state index contributed by atoms with van der Waals surface area (Å²) in [6, 6.07) is 25.1. The molecule has 1 heterocycles. The van der Waals surface area contributed by atoms with Crippen LogP contribution in [0.4, 0.5) is 0 Å². The zero-order valence-electron chi connectivity index (χ0n) is 16.0. The molecule has 4 rings (SSSR count). The molecule has 0 unspecified atom stereocenters. The minimum absolute atomic E-state index is 0.0262. The molecule has 0 radical (unpaired) electrons. The Balaban J connectivity index is 1.48. The van der Waals surface area contributed by atoms with Gasteiger partial charge in [0.2, 0.25) is 0 Å². The molecule has 1 aliphatic rings. The first-order valence-corrected chi connectivity index (χ1v) is 9.90. The van der Waals surface area contributed by atoms with Crippen molar-refractivity contribution in [3.8, 4) is 0 Å². The molecular formula is C24H27NO3. The summed E-state index contributed by atoms with van der Waals surface area (Å²) < 4.78 is 12.1. The number of hydrogen-bond donors (Lipinski definition) is 1. The van der Waals surface area contributed by atoms with Crippen LogP contribution in [0, 0.1) is 0 Å². The van der Waals surface area contributed by atoms with Gasteiger partial charge in [-0.05, 0) is 21.9 Å². The van der Waals surface area contributed by atoms with Gasteiger partial charge in [0.05, 0.1) is 25.9 Å². The molecule has 3 aromatic rings. The third kappa shape index (κ3) is 4.59. The second-order valence-corrected chi connectivity index (χ2v) is 7.30. The molecule has 1 N–H and O–H groups in total. The molecule has 0 spiro atoms. The number of ether oxygens (including phenoxy) is 2. The van der Waals surface area contributed by atoms with E-state index in [4.69, 9.17) is 9.47 Å². The van der Waals surface area contributed by atoms with Gasteiger partial charge in [-0.3, -0.25) is 4.90 Å². The Kier molecular flexibility index (Phi) is 6.34. The van der Waals surface area contributed by atoms with Gasteiger partial charge in [0.15, 0.2) is 0 Å². The smallest absolute Gasteiger partial charge is 0.108 e. The quantitative estimate of drug-likeness (QED) is 0.712. The number of hydrogen-bond acceptors (Lipinski definition) is 4. The van der Waals surface area contributed by atoms with Gasteiger partial charge in [-0.15, -0.1) is 0 Å². The fourth-order valence-electron chi connectivity index (χ4n) is 3.83. The van der Waals surface area contributed by atoms with Gasteiger partial charge >= 0.3 is 0 Å². The molecule has 0 amide bonds. The number of aliphatic hydroxyl groups excluding tert-OH is 1. The summed E-state index contributed by atoms with van der Waals surface area (Å²) in [5, 5.41) is 12.3. The number of fused-ring (bicyclic) bond motifs is 1. The predicted octanol–water partition coefficient (Wildman–Crippen LogP) is 3.62. The van der Waals surface area contributed by atoms with Crippen molar-refractivity contribution in [1.82, 2.24) is 4.90 Å². The summed E-state index contributed by atoms with van der Waals surface area (Å²) in [6.45, 7) is 3.50. The Morgan fingerprint density at radius 3 is 2.61 bits per heavy atom. The van der Waals surface area contributed by atoms with Gasteiger partial charge in [-0.1, -0.05) is 72.8 Å². The molecule has 4 nitrogen and oxygen atoms in total. The van der Waals surface area contributed by atoms with Crippen molar-refractivity contribution in [2.45, 2.75) is 25.4 Å². The second-order valence-electron chi connectivity index (χ2n) is 7.30. The summed E-state index contributed by atoms with van der Waals surface area (Å²) in [5.74, 6) is 0. The third-order valence-corrected chi connectivity index (χ3v) is 5.35. The number of aliphatic hydroxyl groups is 1. The molecular weight excluding hydrogens is 350 g/mol. The molecule has 4 heteroatoms. The minimum Gasteiger partial charge on any atom is -0.394 e. The minimum atomic E-state index is -0.291. The molecule has 2 atom stereocenters. The van der Waals surface area contributed by atoms with E-state index in [2.05, 4.69) is 59.5 Å². The normalized spacial score (nSPS) is 20.9. The molecule has 0 aromatic heterocycles. The van der Waals surface area contributed by atoms with Crippen LogP contribution < -0.4 is 0 Å². The van der Waals surface area contributed by atoms with E-state index in [0.29, 0.717) is 13.2 Å². The highest BCUT2D eigenvalue weighted by Crippen LogP contribution is 2.22. The van der Waals surface area contributed by atoms with Crippen molar-refractivity contribution in [1.29, 1.82) is 0 Å². The molecule has 3 aromatic carbocycles. The van der Waals surface area contributed by atoms with Gasteiger partial charge in [-0.2, -0.15) is 0 Å². The SMILES string of the molecule is OC[C@H]1OCCN(Cc2cccc3ccccc23)C[C@@H]1OCc1ccccc1. The van der Waals surface area contributed by atoms with Crippen molar-refractivity contribution in [3.05, 3.63) is 83.9 Å².